The van der Waals surface area contributed by atoms with E-state index in [1.54, 1.807) is 0 Å². The van der Waals surface area contributed by atoms with E-state index in [4.69, 9.17) is 4.63 Å². The summed E-state index contributed by atoms with van der Waals surface area (Å²) in [5.74, 6) is -0.219. The van der Waals surface area contributed by atoms with Gasteiger partial charge in [0.05, 0.1) is 10.2 Å². The van der Waals surface area contributed by atoms with E-state index >= 15 is 0 Å². The topological polar surface area (TPSA) is 125 Å². The first-order chi connectivity index (χ1) is 12.5. The van der Waals surface area contributed by atoms with E-state index in [0.29, 0.717) is 18.7 Å². The molecule has 9 nitrogen and oxygen atoms in total. The number of aromatic nitrogens is 2. The highest BCUT2D eigenvalue weighted by Crippen LogP contribution is 2.23. The molecule has 0 saturated carbocycles. The first kappa shape index (κ1) is 20.3. The fourth-order valence-electron chi connectivity index (χ4n) is 1.95. The van der Waals surface area contributed by atoms with Gasteiger partial charge in [-0.25, -0.2) is 14.0 Å². The third kappa shape index (κ3) is 5.22. The predicted octanol–water partition coefficient (Wildman–Crippen LogP) is 3.00. The zero-order valence-corrected chi connectivity index (χ0v) is 16.3. The summed E-state index contributed by atoms with van der Waals surface area (Å²) >= 11 is 3.07. The molecule has 1 heterocycles. The number of nitrogens with one attached hydrogen (secondary N) is 2. The number of amidine groups is 1. The maximum absolute atomic E-state index is 13.3. The van der Waals surface area contributed by atoms with Crippen molar-refractivity contribution < 1.29 is 18.4 Å². The minimum absolute atomic E-state index is 0.0348. The molecule has 0 aliphatic heterocycles. The Hall–Kier alpha value is -2.05. The summed E-state index contributed by atoms with van der Waals surface area (Å²) in [7, 11) is 0.251. The lowest BCUT2D eigenvalue weighted by Crippen LogP contribution is -2.22. The Balaban J connectivity index is 2.14. The smallest absolute Gasteiger partial charge is 0.202 e. The standard InChI is InChI=1S/C14H17BrFN6O3S/c1-8(26(24)17-2)5-6-18-13-12(21-25-22-13)14(20-23)19-9-3-4-11(16)10(15)7-9/h3-4,7-8,23H,5-6H2,1-2H3,(H,18,22)(H,19,20)/q-1/t8-/m0/s1. The molecule has 1 atom stereocenters. The average Bonchev–Trinajstić information content (AvgIpc) is 3.10. The van der Waals surface area contributed by atoms with Crippen molar-refractivity contribution in [3.8, 4) is 0 Å². The maximum atomic E-state index is 13.3. The van der Waals surface area contributed by atoms with Crippen LogP contribution in [0.3, 0.4) is 0 Å². The number of hydroxylamine groups is 1. The molecule has 2 rings (SSSR count). The first-order valence-electron chi connectivity index (χ1n) is 7.47. The number of benzene rings is 1. The minimum Gasteiger partial charge on any atom is -0.444 e. The summed E-state index contributed by atoms with van der Waals surface area (Å²) in [6, 6.07) is 4.11. The number of hydrogen-bond acceptors (Lipinski definition) is 9. The maximum Gasteiger partial charge on any atom is 0.202 e. The van der Waals surface area contributed by atoms with Crippen LogP contribution in [0.25, 0.3) is 0 Å². The Morgan fingerprint density at radius 2 is 2.27 bits per heavy atom. The normalized spacial score (nSPS) is 14.3. The summed E-state index contributed by atoms with van der Waals surface area (Å²) in [6.45, 7) is 2.26. The molecule has 0 unspecified atom stereocenters. The van der Waals surface area contributed by atoms with Crippen LogP contribution in [0.15, 0.2) is 36.7 Å². The van der Waals surface area contributed by atoms with Crippen LogP contribution in [-0.4, -0.2) is 40.2 Å². The average molecular weight is 448 g/mol. The fourth-order valence-corrected chi connectivity index (χ4v) is 3.00. The number of anilines is 1. The molecule has 0 saturated heterocycles. The second-order valence-corrected chi connectivity index (χ2v) is 7.69. The first-order valence-corrected chi connectivity index (χ1v) is 9.43. The van der Waals surface area contributed by atoms with Crippen molar-refractivity contribution in [2.24, 2.45) is 9.36 Å². The molecular formula is C14H17BrFN6O3S-. The van der Waals surface area contributed by atoms with Gasteiger partial charge in [0.2, 0.25) is 5.82 Å². The zero-order valence-electron chi connectivity index (χ0n) is 13.9. The molecule has 12 heteroatoms. The summed E-state index contributed by atoms with van der Waals surface area (Å²) < 4.78 is 33.5. The summed E-state index contributed by atoms with van der Waals surface area (Å²) in [5, 5.41) is 19.6. The van der Waals surface area contributed by atoms with Gasteiger partial charge < -0.3 is 13.9 Å². The van der Waals surface area contributed by atoms with Gasteiger partial charge in [0, 0.05) is 13.6 Å². The third-order valence-corrected chi connectivity index (χ3v) is 5.22. The predicted molar refractivity (Wildman–Crippen MR) is 98.5 cm³/mol. The largest absolute Gasteiger partial charge is 0.444 e. The van der Waals surface area contributed by atoms with Gasteiger partial charge in [-0.1, -0.05) is 12.2 Å². The van der Waals surface area contributed by atoms with Crippen molar-refractivity contribution in [3.05, 3.63) is 34.2 Å². The van der Waals surface area contributed by atoms with Crippen LogP contribution in [0.4, 0.5) is 15.9 Å². The molecular weight excluding hydrogens is 431 g/mol. The van der Waals surface area contributed by atoms with E-state index in [-0.39, 0.29) is 27.1 Å². The molecule has 1 aromatic carbocycles. The highest BCUT2D eigenvalue weighted by Gasteiger charge is 2.16. The Morgan fingerprint density at radius 3 is 2.92 bits per heavy atom. The van der Waals surface area contributed by atoms with E-state index in [2.05, 4.69) is 40.9 Å². The summed E-state index contributed by atoms with van der Waals surface area (Å²) in [4.78, 5) is 4.16. The lowest BCUT2D eigenvalue weighted by molar-refractivity contribution is 0.234. The van der Waals surface area contributed by atoms with Gasteiger partial charge in [0.15, 0.2) is 11.5 Å². The zero-order chi connectivity index (χ0) is 19.1. The van der Waals surface area contributed by atoms with Crippen LogP contribution in [-0.2, 0) is 14.8 Å². The van der Waals surface area contributed by atoms with Gasteiger partial charge in [-0.2, -0.15) is 10.6 Å². The monoisotopic (exact) mass is 447 g/mol. The van der Waals surface area contributed by atoms with E-state index < -0.39 is 16.4 Å². The Morgan fingerprint density at radius 1 is 1.50 bits per heavy atom. The molecule has 0 fully saturated rings. The molecule has 0 aliphatic rings. The van der Waals surface area contributed by atoms with Gasteiger partial charge in [0.25, 0.3) is 0 Å². The van der Waals surface area contributed by atoms with Gasteiger partial charge >= 0.3 is 0 Å². The van der Waals surface area contributed by atoms with Crippen molar-refractivity contribution in [3.63, 3.8) is 0 Å². The quantitative estimate of drug-likeness (QED) is 0.257. The van der Waals surface area contributed by atoms with Crippen molar-refractivity contribution in [2.45, 2.75) is 18.6 Å². The Labute approximate surface area is 159 Å². The van der Waals surface area contributed by atoms with E-state index in [1.807, 2.05) is 12.4 Å². The van der Waals surface area contributed by atoms with Crippen molar-refractivity contribution >= 4 is 43.9 Å². The Kier molecular flexibility index (Phi) is 7.48. The number of rotatable bonds is 7. The van der Waals surface area contributed by atoms with Gasteiger partial charge in [-0.3, -0.25) is 10.7 Å². The second kappa shape index (κ2) is 9.59. The van der Waals surface area contributed by atoms with E-state index in [1.165, 1.54) is 25.2 Å². The van der Waals surface area contributed by atoms with Crippen molar-refractivity contribution in [1.29, 1.82) is 0 Å². The summed E-state index contributed by atoms with van der Waals surface area (Å²) in [6.07, 6.45) is 0.570. The molecule has 0 radical (unpaired) electrons. The van der Waals surface area contributed by atoms with Crippen LogP contribution >= 0.6 is 15.9 Å². The van der Waals surface area contributed by atoms with Crippen LogP contribution in [0.5, 0.6) is 0 Å². The molecule has 26 heavy (non-hydrogen) atoms. The van der Waals surface area contributed by atoms with Crippen LogP contribution in [0, 0.1) is 5.82 Å². The SMILES string of the molecule is CN=[S-](=O)[C@@H](C)CCNc1nonc1C(=Nc1ccc(F)c(Br)c1)NO. The van der Waals surface area contributed by atoms with Crippen LogP contribution in [0.2, 0.25) is 0 Å². The van der Waals surface area contributed by atoms with Crippen molar-refractivity contribution in [2.75, 3.05) is 18.9 Å². The molecule has 3 N–H and O–H groups in total. The number of nitrogens with zero attached hydrogens (tertiary/aromatic N) is 4. The summed E-state index contributed by atoms with van der Waals surface area (Å²) in [5.41, 5.74) is 2.44. The Bertz CT molecular complexity index is 868. The molecule has 142 valence electrons. The van der Waals surface area contributed by atoms with Gasteiger partial charge in [-0.05, 0) is 50.9 Å². The molecule has 0 bridgehead atoms. The highest BCUT2D eigenvalue weighted by molar-refractivity contribution is 9.10. The van der Waals surface area contributed by atoms with Gasteiger partial charge in [-0.15, -0.1) is 0 Å². The number of halogens is 2. The van der Waals surface area contributed by atoms with Gasteiger partial charge in [0.1, 0.15) is 5.82 Å². The lowest BCUT2D eigenvalue weighted by Gasteiger charge is -2.14. The molecule has 2 aromatic rings. The van der Waals surface area contributed by atoms with E-state index in [0.717, 1.165) is 0 Å². The molecule has 0 spiro atoms. The minimum atomic E-state index is -1.25. The molecule has 0 amide bonds. The van der Waals surface area contributed by atoms with Crippen molar-refractivity contribution in [1.82, 2.24) is 15.8 Å². The molecule has 1 aromatic heterocycles. The molecule has 0 aliphatic carbocycles. The fraction of sp³-hybridized carbons (Fsp3) is 0.357. The van der Waals surface area contributed by atoms with Crippen LogP contribution in [0.1, 0.15) is 19.0 Å². The number of hydrogen-bond donors (Lipinski definition) is 3. The second-order valence-electron chi connectivity index (χ2n) is 5.12. The third-order valence-electron chi connectivity index (χ3n) is 3.33. The van der Waals surface area contributed by atoms with Crippen LogP contribution < -0.4 is 10.8 Å². The van der Waals surface area contributed by atoms with E-state index in [9.17, 15) is 13.8 Å². The number of aliphatic imine (C=N–C) groups is 1. The lowest BCUT2D eigenvalue weighted by atomic mass is 10.3. The highest BCUT2D eigenvalue weighted by atomic mass is 79.9.